The van der Waals surface area contributed by atoms with Gasteiger partial charge in [0.2, 0.25) is 0 Å². The molecule has 3 aromatic carbocycles. The van der Waals surface area contributed by atoms with Gasteiger partial charge in [-0.15, -0.1) is 0 Å². The highest BCUT2D eigenvalue weighted by molar-refractivity contribution is 5.93. The molecule has 2 heterocycles. The summed E-state index contributed by atoms with van der Waals surface area (Å²) in [6.45, 7) is 4.50. The summed E-state index contributed by atoms with van der Waals surface area (Å²) in [6, 6.07) is 11.8. The van der Waals surface area contributed by atoms with E-state index in [1.807, 2.05) is 13.8 Å². The molecule has 0 spiro atoms. The first-order valence-corrected chi connectivity index (χ1v) is 12.0. The molecular formula is C29H26O9. The van der Waals surface area contributed by atoms with Gasteiger partial charge >= 0.3 is 5.97 Å². The molecule has 1 aromatic heterocycles. The van der Waals surface area contributed by atoms with Crippen LogP contribution in [0.2, 0.25) is 0 Å². The van der Waals surface area contributed by atoms with Crippen molar-refractivity contribution in [1.29, 1.82) is 0 Å². The second-order valence-corrected chi connectivity index (χ2v) is 9.54. The molecule has 9 nitrogen and oxygen atoms in total. The number of aromatic hydroxyl groups is 3. The number of carbonyl (C=O) groups excluding carboxylic acids is 1. The van der Waals surface area contributed by atoms with Crippen LogP contribution >= 0.6 is 0 Å². The van der Waals surface area contributed by atoms with E-state index in [-0.39, 0.29) is 46.3 Å². The van der Waals surface area contributed by atoms with E-state index in [1.54, 1.807) is 18.2 Å². The number of phenols is 3. The Balaban J connectivity index is 1.73. The lowest BCUT2D eigenvalue weighted by Crippen LogP contribution is -2.22. The topological polar surface area (TPSA) is 136 Å². The standard InChI is InChI=1S/C29H26O9/c1-14(2)13-36-24-9-15(5-7-22(24)35-3)17-10-26(34)37-25-12-21(33)28-20(32)11-23(38-29(28)27(17)25)16-4-6-18(30)19(31)8-16/h4-9,11-12,14,17,30-31,33H,10,13H2,1-3H3/t17-/m0/s1. The van der Waals surface area contributed by atoms with E-state index in [2.05, 4.69) is 0 Å². The molecule has 0 unspecified atom stereocenters. The third kappa shape index (κ3) is 4.47. The fourth-order valence-corrected chi connectivity index (χ4v) is 4.54. The number of carbonyl (C=O) groups is 1. The summed E-state index contributed by atoms with van der Waals surface area (Å²) >= 11 is 0. The van der Waals surface area contributed by atoms with Crippen LogP contribution in [0.15, 0.2) is 57.7 Å². The molecule has 9 heteroatoms. The Morgan fingerprint density at radius 3 is 2.45 bits per heavy atom. The van der Waals surface area contributed by atoms with E-state index >= 15 is 0 Å². The lowest BCUT2D eigenvalue weighted by Gasteiger charge is -2.26. The first-order valence-electron chi connectivity index (χ1n) is 12.0. The predicted octanol–water partition coefficient (Wildman–Crippen LogP) is 5.06. The molecule has 4 aromatic rings. The van der Waals surface area contributed by atoms with Crippen molar-refractivity contribution in [2.24, 2.45) is 5.92 Å². The van der Waals surface area contributed by atoms with Crippen molar-refractivity contribution < 1.29 is 38.7 Å². The molecule has 5 rings (SSSR count). The fourth-order valence-electron chi connectivity index (χ4n) is 4.54. The maximum Gasteiger partial charge on any atom is 0.312 e. The SMILES string of the molecule is COc1ccc([C@@H]2CC(=O)Oc3cc(O)c4c(=O)cc(-c5ccc(O)c(O)c5)oc4c32)cc1OCC(C)C. The van der Waals surface area contributed by atoms with Gasteiger partial charge in [-0.2, -0.15) is 0 Å². The Morgan fingerprint density at radius 2 is 1.74 bits per heavy atom. The minimum Gasteiger partial charge on any atom is -0.507 e. The molecule has 0 saturated heterocycles. The number of ether oxygens (including phenoxy) is 3. The van der Waals surface area contributed by atoms with Crippen LogP contribution in [0.25, 0.3) is 22.3 Å². The molecule has 0 radical (unpaired) electrons. The van der Waals surface area contributed by atoms with Gasteiger partial charge in [0.1, 0.15) is 28.2 Å². The van der Waals surface area contributed by atoms with Crippen molar-refractivity contribution >= 4 is 16.9 Å². The smallest absolute Gasteiger partial charge is 0.312 e. The first-order chi connectivity index (χ1) is 18.2. The molecule has 1 atom stereocenters. The molecule has 1 aliphatic heterocycles. The van der Waals surface area contributed by atoms with E-state index in [4.69, 9.17) is 18.6 Å². The molecule has 1 aliphatic rings. The summed E-state index contributed by atoms with van der Waals surface area (Å²) in [5.74, 6) is -0.728. The Morgan fingerprint density at radius 1 is 0.947 bits per heavy atom. The van der Waals surface area contributed by atoms with E-state index in [9.17, 15) is 24.9 Å². The lowest BCUT2D eigenvalue weighted by molar-refractivity contribution is -0.135. The van der Waals surface area contributed by atoms with Gasteiger partial charge in [0, 0.05) is 29.2 Å². The average Bonchev–Trinajstić information content (AvgIpc) is 2.87. The van der Waals surface area contributed by atoms with Crippen LogP contribution < -0.4 is 19.6 Å². The molecule has 0 fully saturated rings. The van der Waals surface area contributed by atoms with Crippen molar-refractivity contribution in [1.82, 2.24) is 0 Å². The Kier molecular flexibility index (Phi) is 6.36. The molecule has 0 amide bonds. The number of rotatable bonds is 6. The van der Waals surface area contributed by atoms with Gasteiger partial charge < -0.3 is 33.9 Å². The highest BCUT2D eigenvalue weighted by atomic mass is 16.5. The normalized spacial score (nSPS) is 14.8. The zero-order valence-corrected chi connectivity index (χ0v) is 21.0. The van der Waals surface area contributed by atoms with E-state index in [1.165, 1.54) is 37.4 Å². The van der Waals surface area contributed by atoms with Gasteiger partial charge in [-0.25, -0.2) is 0 Å². The van der Waals surface area contributed by atoms with Gasteiger partial charge in [-0.3, -0.25) is 9.59 Å². The summed E-state index contributed by atoms with van der Waals surface area (Å²) in [6.07, 6.45) is -0.0449. The maximum absolute atomic E-state index is 13.1. The third-order valence-corrected chi connectivity index (χ3v) is 6.35. The van der Waals surface area contributed by atoms with E-state index in [0.29, 0.717) is 34.8 Å². The number of methoxy groups -OCH3 is 1. The van der Waals surface area contributed by atoms with Crippen molar-refractivity contribution in [3.05, 3.63) is 69.9 Å². The summed E-state index contributed by atoms with van der Waals surface area (Å²) in [7, 11) is 1.54. The van der Waals surface area contributed by atoms with Crippen molar-refractivity contribution in [3.63, 3.8) is 0 Å². The van der Waals surface area contributed by atoms with Crippen molar-refractivity contribution in [2.45, 2.75) is 26.2 Å². The largest absolute Gasteiger partial charge is 0.507 e. The average molecular weight is 519 g/mol. The fraction of sp³-hybridized carbons (Fsp3) is 0.241. The first kappa shape index (κ1) is 25.0. The van der Waals surface area contributed by atoms with Crippen LogP contribution in [0, 0.1) is 5.92 Å². The zero-order valence-electron chi connectivity index (χ0n) is 21.0. The second-order valence-electron chi connectivity index (χ2n) is 9.54. The van der Waals surface area contributed by atoms with Crippen LogP contribution in [0.5, 0.6) is 34.5 Å². The zero-order chi connectivity index (χ0) is 27.1. The number of hydrogen-bond acceptors (Lipinski definition) is 9. The van der Waals surface area contributed by atoms with Crippen molar-refractivity contribution in [2.75, 3.05) is 13.7 Å². The van der Waals surface area contributed by atoms with Gasteiger partial charge in [-0.1, -0.05) is 19.9 Å². The Bertz CT molecular complexity index is 1620. The Labute approximate surface area is 217 Å². The van der Waals surface area contributed by atoms with Crippen LogP contribution in [0.4, 0.5) is 0 Å². The number of hydrogen-bond donors (Lipinski definition) is 3. The van der Waals surface area contributed by atoms with Gasteiger partial charge in [0.05, 0.1) is 20.1 Å². The minimum atomic E-state index is -0.590. The summed E-state index contributed by atoms with van der Waals surface area (Å²) in [5.41, 5.74) is 0.965. The van der Waals surface area contributed by atoms with Crippen LogP contribution in [0.1, 0.15) is 37.3 Å². The lowest BCUT2D eigenvalue weighted by atomic mass is 9.85. The Hall–Kier alpha value is -4.66. The van der Waals surface area contributed by atoms with E-state index < -0.39 is 23.1 Å². The number of phenolic OH excluding ortho intramolecular Hbond substituents is 3. The van der Waals surface area contributed by atoms with Gasteiger partial charge in [-0.05, 0) is 41.8 Å². The number of fused-ring (bicyclic) bond motifs is 3. The molecule has 0 saturated carbocycles. The van der Waals surface area contributed by atoms with E-state index in [0.717, 1.165) is 0 Å². The predicted molar refractivity (Wildman–Crippen MR) is 138 cm³/mol. The molecule has 196 valence electrons. The summed E-state index contributed by atoms with van der Waals surface area (Å²) in [4.78, 5) is 25.8. The van der Waals surface area contributed by atoms with Crippen molar-refractivity contribution in [3.8, 4) is 45.8 Å². The van der Waals surface area contributed by atoms with Gasteiger partial charge in [0.25, 0.3) is 0 Å². The third-order valence-electron chi connectivity index (χ3n) is 6.35. The molecule has 3 N–H and O–H groups in total. The number of benzene rings is 3. The molecule has 38 heavy (non-hydrogen) atoms. The number of esters is 1. The molecular weight excluding hydrogens is 492 g/mol. The second kappa shape index (κ2) is 9.66. The monoisotopic (exact) mass is 518 g/mol. The molecule has 0 bridgehead atoms. The van der Waals surface area contributed by atoms with Crippen LogP contribution in [0.3, 0.4) is 0 Å². The summed E-state index contributed by atoms with van der Waals surface area (Å²) < 4.78 is 23.0. The summed E-state index contributed by atoms with van der Waals surface area (Å²) in [5, 5.41) is 30.2. The minimum absolute atomic E-state index is 0.0449. The van der Waals surface area contributed by atoms with Gasteiger partial charge in [0.15, 0.2) is 28.4 Å². The molecule has 0 aliphatic carbocycles. The highest BCUT2D eigenvalue weighted by Gasteiger charge is 2.34. The van der Waals surface area contributed by atoms with Crippen LogP contribution in [-0.2, 0) is 4.79 Å². The maximum atomic E-state index is 13.1. The van der Waals surface area contributed by atoms with Crippen LogP contribution in [-0.4, -0.2) is 35.0 Å². The quantitative estimate of drug-likeness (QED) is 0.182. The highest BCUT2D eigenvalue weighted by Crippen LogP contribution is 2.47.